The Morgan fingerprint density at radius 2 is 2.00 bits per heavy atom. The molecule has 0 aliphatic heterocycles. The summed E-state index contributed by atoms with van der Waals surface area (Å²) in [6.45, 7) is 4.23. The summed E-state index contributed by atoms with van der Waals surface area (Å²) < 4.78 is 1.83. The first-order valence-electron chi connectivity index (χ1n) is 7.78. The SMILES string of the molecule is Cc1ccc(C)c(Nc2c3c(nc4ncnn24)CCCC3)c1. The summed E-state index contributed by atoms with van der Waals surface area (Å²) in [7, 11) is 0. The van der Waals surface area contributed by atoms with Crippen LogP contribution in [0, 0.1) is 13.8 Å². The molecular weight excluding hydrogens is 274 g/mol. The van der Waals surface area contributed by atoms with E-state index in [-0.39, 0.29) is 0 Å². The normalized spacial score (nSPS) is 14.1. The Balaban J connectivity index is 1.89. The number of hydrogen-bond donors (Lipinski definition) is 1. The number of rotatable bonds is 2. The van der Waals surface area contributed by atoms with Crippen LogP contribution in [0.1, 0.15) is 35.2 Å². The van der Waals surface area contributed by atoms with E-state index in [0.717, 1.165) is 24.3 Å². The molecule has 1 aromatic carbocycles. The van der Waals surface area contributed by atoms with Gasteiger partial charge in [-0.2, -0.15) is 14.6 Å². The molecule has 5 nitrogen and oxygen atoms in total. The molecule has 5 heteroatoms. The number of aromatic nitrogens is 4. The van der Waals surface area contributed by atoms with E-state index < -0.39 is 0 Å². The van der Waals surface area contributed by atoms with E-state index in [4.69, 9.17) is 0 Å². The van der Waals surface area contributed by atoms with Crippen LogP contribution in [0.15, 0.2) is 24.5 Å². The summed E-state index contributed by atoms with van der Waals surface area (Å²) in [5.41, 5.74) is 6.03. The maximum absolute atomic E-state index is 4.67. The fourth-order valence-corrected chi connectivity index (χ4v) is 3.11. The number of hydrogen-bond acceptors (Lipinski definition) is 4. The maximum atomic E-state index is 4.67. The van der Waals surface area contributed by atoms with E-state index in [0.29, 0.717) is 5.78 Å². The van der Waals surface area contributed by atoms with Crippen molar-refractivity contribution in [3.63, 3.8) is 0 Å². The lowest BCUT2D eigenvalue weighted by molar-refractivity contribution is 0.662. The molecule has 112 valence electrons. The highest BCUT2D eigenvalue weighted by Crippen LogP contribution is 2.30. The Hall–Kier alpha value is -2.43. The van der Waals surface area contributed by atoms with E-state index in [1.165, 1.54) is 35.2 Å². The zero-order valence-corrected chi connectivity index (χ0v) is 12.9. The van der Waals surface area contributed by atoms with Crippen molar-refractivity contribution < 1.29 is 0 Å². The fourth-order valence-electron chi connectivity index (χ4n) is 3.11. The van der Waals surface area contributed by atoms with E-state index in [1.807, 2.05) is 4.52 Å². The molecule has 2 aromatic heterocycles. The minimum atomic E-state index is 0.674. The molecule has 0 bridgehead atoms. The third-order valence-corrected chi connectivity index (χ3v) is 4.35. The highest BCUT2D eigenvalue weighted by Gasteiger charge is 2.20. The summed E-state index contributed by atoms with van der Waals surface area (Å²) in [5, 5.41) is 7.95. The average Bonchev–Trinajstić information content (AvgIpc) is 2.98. The van der Waals surface area contributed by atoms with Crippen LogP contribution in [0.25, 0.3) is 5.78 Å². The zero-order valence-electron chi connectivity index (χ0n) is 12.9. The predicted molar refractivity (Wildman–Crippen MR) is 86.6 cm³/mol. The molecule has 0 spiro atoms. The van der Waals surface area contributed by atoms with Crippen LogP contribution in [-0.2, 0) is 12.8 Å². The Kier molecular flexibility index (Phi) is 3.06. The zero-order chi connectivity index (χ0) is 15.1. The summed E-state index contributed by atoms with van der Waals surface area (Å²) in [6.07, 6.45) is 6.05. The fraction of sp³-hybridized carbons (Fsp3) is 0.353. The molecule has 0 saturated carbocycles. The molecule has 3 aromatic rings. The molecule has 0 saturated heterocycles. The molecule has 0 atom stereocenters. The van der Waals surface area contributed by atoms with Gasteiger partial charge in [-0.1, -0.05) is 12.1 Å². The van der Waals surface area contributed by atoms with Gasteiger partial charge in [-0.3, -0.25) is 0 Å². The van der Waals surface area contributed by atoms with E-state index in [9.17, 15) is 0 Å². The molecule has 1 aliphatic carbocycles. The first-order valence-corrected chi connectivity index (χ1v) is 7.78. The third-order valence-electron chi connectivity index (χ3n) is 4.35. The second kappa shape index (κ2) is 5.09. The average molecular weight is 293 g/mol. The monoisotopic (exact) mass is 293 g/mol. The molecule has 22 heavy (non-hydrogen) atoms. The van der Waals surface area contributed by atoms with Gasteiger partial charge < -0.3 is 5.32 Å². The molecule has 0 unspecified atom stereocenters. The molecule has 1 aliphatic rings. The highest BCUT2D eigenvalue weighted by molar-refractivity contribution is 5.66. The van der Waals surface area contributed by atoms with Crippen LogP contribution >= 0.6 is 0 Å². The topological polar surface area (TPSA) is 55.1 Å². The minimum Gasteiger partial charge on any atom is -0.340 e. The van der Waals surface area contributed by atoms with Gasteiger partial charge in [0.2, 0.25) is 0 Å². The van der Waals surface area contributed by atoms with Gasteiger partial charge in [0.15, 0.2) is 0 Å². The first-order chi connectivity index (χ1) is 10.7. The molecule has 0 amide bonds. The Morgan fingerprint density at radius 3 is 2.91 bits per heavy atom. The Morgan fingerprint density at radius 1 is 1.14 bits per heavy atom. The minimum absolute atomic E-state index is 0.674. The van der Waals surface area contributed by atoms with E-state index in [2.05, 4.69) is 52.4 Å². The summed E-state index contributed by atoms with van der Waals surface area (Å²) in [4.78, 5) is 8.94. The van der Waals surface area contributed by atoms with E-state index >= 15 is 0 Å². The van der Waals surface area contributed by atoms with Crippen LogP contribution in [0.3, 0.4) is 0 Å². The van der Waals surface area contributed by atoms with Crippen LogP contribution in [0.2, 0.25) is 0 Å². The summed E-state index contributed by atoms with van der Waals surface area (Å²) in [6, 6.07) is 6.45. The second-order valence-corrected chi connectivity index (χ2v) is 6.01. The van der Waals surface area contributed by atoms with Gasteiger partial charge in [0, 0.05) is 11.3 Å². The van der Waals surface area contributed by atoms with Crippen molar-refractivity contribution in [2.45, 2.75) is 39.5 Å². The van der Waals surface area contributed by atoms with Crippen LogP contribution in [0.5, 0.6) is 0 Å². The van der Waals surface area contributed by atoms with Crippen LogP contribution in [-0.4, -0.2) is 19.6 Å². The van der Waals surface area contributed by atoms with Gasteiger partial charge in [-0.15, -0.1) is 0 Å². The number of nitrogens with zero attached hydrogens (tertiary/aromatic N) is 4. The van der Waals surface area contributed by atoms with Gasteiger partial charge >= 0.3 is 0 Å². The quantitative estimate of drug-likeness (QED) is 0.787. The van der Waals surface area contributed by atoms with Crippen LogP contribution < -0.4 is 5.32 Å². The van der Waals surface area contributed by atoms with Crippen LogP contribution in [0.4, 0.5) is 11.5 Å². The predicted octanol–water partition coefficient (Wildman–Crippen LogP) is 3.36. The lowest BCUT2D eigenvalue weighted by atomic mass is 9.96. The first kappa shape index (κ1) is 13.2. The van der Waals surface area contributed by atoms with Crippen molar-refractivity contribution in [2.24, 2.45) is 0 Å². The number of anilines is 2. The van der Waals surface area contributed by atoms with E-state index in [1.54, 1.807) is 6.33 Å². The van der Waals surface area contributed by atoms with Crippen molar-refractivity contribution in [2.75, 3.05) is 5.32 Å². The standard InChI is InChI=1S/C17H19N5/c1-11-7-8-12(2)15(9-11)20-16-13-5-3-4-6-14(13)21-17-18-10-19-22(16)17/h7-10,20H,3-6H2,1-2H3. The van der Waals surface area contributed by atoms with Crippen molar-refractivity contribution in [1.82, 2.24) is 19.6 Å². The Bertz CT molecular complexity index is 850. The molecule has 0 radical (unpaired) electrons. The second-order valence-electron chi connectivity index (χ2n) is 6.01. The number of fused-ring (bicyclic) bond motifs is 2. The van der Waals surface area contributed by atoms with Gasteiger partial charge in [0.1, 0.15) is 12.1 Å². The molecule has 4 rings (SSSR count). The molecular formula is C17H19N5. The van der Waals surface area contributed by atoms with Crippen molar-refractivity contribution >= 4 is 17.3 Å². The lowest BCUT2D eigenvalue weighted by Crippen LogP contribution is -2.14. The number of benzene rings is 1. The van der Waals surface area contributed by atoms with Crippen molar-refractivity contribution in [3.05, 3.63) is 46.9 Å². The van der Waals surface area contributed by atoms with Crippen molar-refractivity contribution in [3.8, 4) is 0 Å². The third kappa shape index (κ3) is 2.13. The molecule has 2 heterocycles. The highest BCUT2D eigenvalue weighted by atomic mass is 15.4. The molecule has 0 fully saturated rings. The van der Waals surface area contributed by atoms with Gasteiger partial charge in [-0.25, -0.2) is 4.98 Å². The largest absolute Gasteiger partial charge is 0.340 e. The number of aryl methyl sites for hydroxylation is 3. The summed E-state index contributed by atoms with van der Waals surface area (Å²) in [5.74, 6) is 1.69. The number of nitrogens with one attached hydrogen (secondary N) is 1. The van der Waals surface area contributed by atoms with Gasteiger partial charge in [0.25, 0.3) is 5.78 Å². The van der Waals surface area contributed by atoms with Gasteiger partial charge in [0.05, 0.1) is 5.69 Å². The van der Waals surface area contributed by atoms with Gasteiger partial charge in [-0.05, 0) is 56.7 Å². The summed E-state index contributed by atoms with van der Waals surface area (Å²) >= 11 is 0. The lowest BCUT2D eigenvalue weighted by Gasteiger charge is -2.20. The van der Waals surface area contributed by atoms with Crippen molar-refractivity contribution in [1.29, 1.82) is 0 Å². The molecule has 1 N–H and O–H groups in total. The maximum Gasteiger partial charge on any atom is 0.254 e. The smallest absolute Gasteiger partial charge is 0.254 e. The Labute approximate surface area is 129 Å².